The summed E-state index contributed by atoms with van der Waals surface area (Å²) in [6.07, 6.45) is 4.55. The number of amides is 1. The maximum Gasteiger partial charge on any atom is 0.257 e. The van der Waals surface area contributed by atoms with Crippen molar-refractivity contribution in [1.29, 1.82) is 0 Å². The first-order valence-corrected chi connectivity index (χ1v) is 12.0. The molecular weight excluding hydrogens is 438 g/mol. The van der Waals surface area contributed by atoms with Gasteiger partial charge in [-0.05, 0) is 54.1 Å². The van der Waals surface area contributed by atoms with E-state index in [9.17, 15) is 4.79 Å². The number of ether oxygens (including phenoxy) is 2. The number of hydrogen-bond donors (Lipinski definition) is 0. The number of rotatable bonds is 9. The van der Waals surface area contributed by atoms with Crippen LogP contribution in [-0.2, 0) is 11.3 Å². The molecule has 1 aliphatic carbocycles. The molecule has 0 saturated heterocycles. The predicted octanol–water partition coefficient (Wildman–Crippen LogP) is 4.70. The van der Waals surface area contributed by atoms with Crippen LogP contribution in [0.1, 0.15) is 41.5 Å². The minimum atomic E-state index is -0.195. The summed E-state index contributed by atoms with van der Waals surface area (Å²) >= 11 is 1.64. The first-order valence-electron chi connectivity index (χ1n) is 11.1. The lowest BCUT2D eigenvalue weighted by atomic mass is 10.0. The van der Waals surface area contributed by atoms with Crippen molar-refractivity contribution < 1.29 is 18.7 Å². The lowest BCUT2D eigenvalue weighted by molar-refractivity contribution is -0.134. The second kappa shape index (κ2) is 9.41. The first-order chi connectivity index (χ1) is 16.2. The van der Waals surface area contributed by atoms with E-state index >= 15 is 0 Å². The van der Waals surface area contributed by atoms with E-state index in [4.69, 9.17) is 19.0 Å². The van der Waals surface area contributed by atoms with E-state index in [0.717, 1.165) is 34.8 Å². The number of carbonyl (C=O) groups is 1. The first kappa shape index (κ1) is 21.7. The van der Waals surface area contributed by atoms with Gasteiger partial charge in [0.1, 0.15) is 5.76 Å². The Bertz CT molecular complexity index is 1120. The number of benzene rings is 1. The van der Waals surface area contributed by atoms with E-state index < -0.39 is 0 Å². The van der Waals surface area contributed by atoms with Crippen molar-refractivity contribution in [3.05, 3.63) is 70.3 Å². The van der Waals surface area contributed by atoms with Crippen molar-refractivity contribution in [3.63, 3.8) is 0 Å². The van der Waals surface area contributed by atoms with Crippen LogP contribution in [0.15, 0.2) is 63.6 Å². The van der Waals surface area contributed by atoms with Crippen LogP contribution in [-0.4, -0.2) is 48.3 Å². The van der Waals surface area contributed by atoms with Gasteiger partial charge < -0.3 is 13.9 Å². The highest BCUT2D eigenvalue weighted by atomic mass is 32.1. The number of thiophene rings is 1. The maximum absolute atomic E-state index is 13.6. The van der Waals surface area contributed by atoms with Crippen molar-refractivity contribution in [2.75, 3.05) is 20.8 Å². The molecule has 2 aliphatic rings. The largest absolute Gasteiger partial charge is 0.493 e. The van der Waals surface area contributed by atoms with Gasteiger partial charge in [0.2, 0.25) is 0 Å². The van der Waals surface area contributed by atoms with Crippen LogP contribution in [0.2, 0.25) is 0 Å². The topological polar surface area (TPSA) is 67.5 Å². The molecule has 1 amide bonds. The minimum Gasteiger partial charge on any atom is -0.493 e. The molecule has 172 valence electrons. The third-order valence-electron chi connectivity index (χ3n) is 6.10. The molecule has 0 radical (unpaired) electrons. The van der Waals surface area contributed by atoms with Gasteiger partial charge in [-0.3, -0.25) is 9.69 Å². The third kappa shape index (κ3) is 4.67. The number of nitrogens with zero attached hydrogens (tertiary/aromatic N) is 3. The van der Waals surface area contributed by atoms with E-state index in [2.05, 4.69) is 11.0 Å². The van der Waals surface area contributed by atoms with Crippen LogP contribution < -0.4 is 9.47 Å². The molecule has 3 heterocycles. The zero-order valence-electron chi connectivity index (χ0n) is 18.8. The summed E-state index contributed by atoms with van der Waals surface area (Å²) in [7, 11) is 3.24. The summed E-state index contributed by atoms with van der Waals surface area (Å²) in [5.41, 5.74) is 1.91. The SMILES string of the molecule is COc1ccc(C2CC(c3cccs3)=NN2C(=O)CN(Cc2ccco2)C2CC2)cc1OC. The number of methoxy groups -OCH3 is 2. The Labute approximate surface area is 197 Å². The number of carbonyl (C=O) groups excluding carboxylic acids is 1. The Morgan fingerprint density at radius 2 is 2.03 bits per heavy atom. The van der Waals surface area contributed by atoms with Crippen LogP contribution in [0.5, 0.6) is 11.5 Å². The second-order valence-electron chi connectivity index (χ2n) is 8.31. The monoisotopic (exact) mass is 465 g/mol. The van der Waals surface area contributed by atoms with E-state index in [1.165, 1.54) is 0 Å². The zero-order chi connectivity index (χ0) is 22.8. The average Bonchev–Trinajstić information content (AvgIpc) is 3.24. The fourth-order valence-corrected chi connectivity index (χ4v) is 4.98. The molecule has 0 spiro atoms. The summed E-state index contributed by atoms with van der Waals surface area (Å²) < 4.78 is 16.4. The van der Waals surface area contributed by atoms with Crippen LogP contribution >= 0.6 is 11.3 Å². The molecule has 0 N–H and O–H groups in total. The summed E-state index contributed by atoms with van der Waals surface area (Å²) in [4.78, 5) is 16.9. The van der Waals surface area contributed by atoms with Crippen molar-refractivity contribution >= 4 is 23.0 Å². The van der Waals surface area contributed by atoms with Gasteiger partial charge in [-0.2, -0.15) is 5.10 Å². The van der Waals surface area contributed by atoms with Crippen molar-refractivity contribution in [2.24, 2.45) is 5.10 Å². The molecule has 33 heavy (non-hydrogen) atoms. The Hall–Kier alpha value is -3.10. The van der Waals surface area contributed by atoms with E-state index in [-0.39, 0.29) is 11.9 Å². The van der Waals surface area contributed by atoms with E-state index in [0.29, 0.717) is 37.1 Å². The summed E-state index contributed by atoms with van der Waals surface area (Å²) in [5.74, 6) is 2.16. The van der Waals surface area contributed by atoms with Crippen LogP contribution in [0.4, 0.5) is 0 Å². The summed E-state index contributed by atoms with van der Waals surface area (Å²) in [5, 5.41) is 8.50. The van der Waals surface area contributed by atoms with Crippen LogP contribution in [0.25, 0.3) is 0 Å². The van der Waals surface area contributed by atoms with Gasteiger partial charge >= 0.3 is 0 Å². The molecule has 5 rings (SSSR count). The Kier molecular flexibility index (Phi) is 6.20. The number of furan rings is 1. The average molecular weight is 466 g/mol. The van der Waals surface area contributed by atoms with Gasteiger partial charge in [-0.1, -0.05) is 12.1 Å². The van der Waals surface area contributed by atoms with Gasteiger partial charge in [0.25, 0.3) is 5.91 Å². The molecule has 2 aromatic heterocycles. The number of hydrogen-bond acceptors (Lipinski definition) is 7. The lowest BCUT2D eigenvalue weighted by Gasteiger charge is -2.26. The molecule has 7 nitrogen and oxygen atoms in total. The fraction of sp³-hybridized carbons (Fsp3) is 0.360. The summed E-state index contributed by atoms with van der Waals surface area (Å²) in [6, 6.07) is 13.9. The molecule has 1 aliphatic heterocycles. The highest BCUT2D eigenvalue weighted by Crippen LogP contribution is 2.38. The second-order valence-corrected chi connectivity index (χ2v) is 9.26. The van der Waals surface area contributed by atoms with E-state index in [1.54, 1.807) is 36.8 Å². The van der Waals surface area contributed by atoms with Crippen molar-refractivity contribution in [2.45, 2.75) is 37.9 Å². The molecule has 1 unspecified atom stereocenters. The highest BCUT2D eigenvalue weighted by Gasteiger charge is 2.37. The Balaban J connectivity index is 1.41. The Morgan fingerprint density at radius 1 is 1.18 bits per heavy atom. The molecule has 1 aromatic carbocycles. The molecule has 8 heteroatoms. The quantitative estimate of drug-likeness (QED) is 0.458. The predicted molar refractivity (Wildman–Crippen MR) is 127 cm³/mol. The van der Waals surface area contributed by atoms with Gasteiger partial charge in [0.05, 0.1) is 50.2 Å². The molecular formula is C25H27N3O4S. The minimum absolute atomic E-state index is 0.0141. The van der Waals surface area contributed by atoms with Crippen molar-refractivity contribution in [3.8, 4) is 11.5 Å². The maximum atomic E-state index is 13.6. The molecule has 1 fully saturated rings. The normalized spacial score (nSPS) is 18.0. The summed E-state index contributed by atoms with van der Waals surface area (Å²) in [6.45, 7) is 0.927. The number of hydrazone groups is 1. The van der Waals surface area contributed by atoms with Gasteiger partial charge in [-0.25, -0.2) is 5.01 Å². The molecule has 1 saturated carbocycles. The van der Waals surface area contributed by atoms with Gasteiger partial charge in [-0.15, -0.1) is 11.3 Å². The lowest BCUT2D eigenvalue weighted by Crippen LogP contribution is -2.39. The van der Waals surface area contributed by atoms with Crippen LogP contribution in [0.3, 0.4) is 0 Å². The van der Waals surface area contributed by atoms with Gasteiger partial charge in [0.15, 0.2) is 11.5 Å². The zero-order valence-corrected chi connectivity index (χ0v) is 19.6. The van der Waals surface area contributed by atoms with Crippen LogP contribution in [0, 0.1) is 0 Å². The smallest absolute Gasteiger partial charge is 0.257 e. The van der Waals surface area contributed by atoms with E-state index in [1.807, 2.05) is 41.8 Å². The Morgan fingerprint density at radius 3 is 2.70 bits per heavy atom. The molecule has 3 aromatic rings. The molecule has 1 atom stereocenters. The van der Waals surface area contributed by atoms with Crippen molar-refractivity contribution in [1.82, 2.24) is 9.91 Å². The third-order valence-corrected chi connectivity index (χ3v) is 7.02. The highest BCUT2D eigenvalue weighted by molar-refractivity contribution is 7.12. The standard InChI is InChI=1S/C25H27N3O4S/c1-30-22-10-7-17(13-23(22)31-2)21-14-20(24-6-4-12-33-24)26-28(21)25(29)16-27(18-8-9-18)15-19-5-3-11-32-19/h3-7,10-13,18,21H,8-9,14-16H2,1-2H3. The fourth-order valence-electron chi connectivity index (χ4n) is 4.25. The molecule has 0 bridgehead atoms. The van der Waals surface area contributed by atoms with Gasteiger partial charge in [0, 0.05) is 12.5 Å².